The lowest BCUT2D eigenvalue weighted by molar-refractivity contribution is -0.139. The molecule has 0 bridgehead atoms. The number of hydrogen-bond acceptors (Lipinski definition) is 3. The number of amides is 1. The Labute approximate surface area is 115 Å². The van der Waals surface area contributed by atoms with E-state index < -0.39 is 11.4 Å². The van der Waals surface area contributed by atoms with E-state index in [9.17, 15) is 9.59 Å². The fraction of sp³-hybridized carbons (Fsp3) is 0.857. The standard InChI is InChI=1S/C14H26N2O3/c1-10-9-16(4)6-5-11(10)15-12(17)7-14(2,3)8-13(18)19/h10-11H,5-9H2,1-4H3,(H,15,17)(H,18,19). The highest BCUT2D eigenvalue weighted by atomic mass is 16.4. The first-order chi connectivity index (χ1) is 8.69. The van der Waals surface area contributed by atoms with Crippen molar-refractivity contribution in [2.75, 3.05) is 20.1 Å². The predicted octanol–water partition coefficient (Wildman–Crippen LogP) is 1.33. The van der Waals surface area contributed by atoms with E-state index in [2.05, 4.69) is 24.2 Å². The highest BCUT2D eigenvalue weighted by molar-refractivity contribution is 5.78. The number of aliphatic carboxylic acids is 1. The van der Waals surface area contributed by atoms with E-state index in [0.29, 0.717) is 5.92 Å². The Morgan fingerprint density at radius 1 is 1.37 bits per heavy atom. The zero-order chi connectivity index (χ0) is 14.6. The second kappa shape index (κ2) is 6.37. The first-order valence-electron chi connectivity index (χ1n) is 6.89. The van der Waals surface area contributed by atoms with Gasteiger partial charge in [-0.3, -0.25) is 9.59 Å². The minimum Gasteiger partial charge on any atom is -0.481 e. The van der Waals surface area contributed by atoms with Crippen molar-refractivity contribution >= 4 is 11.9 Å². The van der Waals surface area contributed by atoms with E-state index in [-0.39, 0.29) is 24.8 Å². The molecule has 2 N–H and O–H groups in total. The number of piperidine rings is 1. The van der Waals surface area contributed by atoms with Crippen molar-refractivity contribution in [2.45, 2.75) is 46.1 Å². The molecule has 19 heavy (non-hydrogen) atoms. The van der Waals surface area contributed by atoms with Crippen LogP contribution in [-0.4, -0.2) is 48.1 Å². The van der Waals surface area contributed by atoms with Crippen LogP contribution < -0.4 is 5.32 Å². The molecule has 1 saturated heterocycles. The molecular weight excluding hydrogens is 244 g/mol. The summed E-state index contributed by atoms with van der Waals surface area (Å²) in [6.07, 6.45) is 1.24. The summed E-state index contributed by atoms with van der Waals surface area (Å²) in [4.78, 5) is 25.0. The molecule has 110 valence electrons. The van der Waals surface area contributed by atoms with Crippen molar-refractivity contribution < 1.29 is 14.7 Å². The number of nitrogens with one attached hydrogen (secondary N) is 1. The Hall–Kier alpha value is -1.10. The average Bonchev–Trinajstić information content (AvgIpc) is 2.19. The summed E-state index contributed by atoms with van der Waals surface area (Å²) in [6.45, 7) is 7.76. The van der Waals surface area contributed by atoms with E-state index >= 15 is 0 Å². The van der Waals surface area contributed by atoms with Crippen LogP contribution in [0.25, 0.3) is 0 Å². The van der Waals surface area contributed by atoms with Crippen LogP contribution in [-0.2, 0) is 9.59 Å². The Morgan fingerprint density at radius 3 is 2.53 bits per heavy atom. The van der Waals surface area contributed by atoms with Crippen molar-refractivity contribution in [3.05, 3.63) is 0 Å². The molecule has 0 aromatic carbocycles. The maximum absolute atomic E-state index is 12.0. The van der Waals surface area contributed by atoms with Gasteiger partial charge in [-0.25, -0.2) is 0 Å². The monoisotopic (exact) mass is 270 g/mol. The minimum absolute atomic E-state index is 0.0172. The number of hydrogen-bond donors (Lipinski definition) is 2. The average molecular weight is 270 g/mol. The molecular formula is C14H26N2O3. The third-order valence-electron chi connectivity index (χ3n) is 3.72. The summed E-state index contributed by atoms with van der Waals surface area (Å²) in [5.41, 5.74) is -0.495. The molecule has 1 aliphatic heterocycles. The lowest BCUT2D eigenvalue weighted by atomic mass is 9.85. The fourth-order valence-corrected chi connectivity index (χ4v) is 2.73. The van der Waals surface area contributed by atoms with Crippen LogP contribution in [0.5, 0.6) is 0 Å². The van der Waals surface area contributed by atoms with Crippen molar-refractivity contribution in [1.29, 1.82) is 0 Å². The normalized spacial score (nSPS) is 25.1. The van der Waals surface area contributed by atoms with Crippen molar-refractivity contribution in [3.63, 3.8) is 0 Å². The molecule has 2 atom stereocenters. The third kappa shape index (κ3) is 5.59. The van der Waals surface area contributed by atoms with Crippen LogP contribution in [0.4, 0.5) is 0 Å². The zero-order valence-corrected chi connectivity index (χ0v) is 12.4. The van der Waals surface area contributed by atoms with E-state index in [1.54, 1.807) is 0 Å². The van der Waals surface area contributed by atoms with Gasteiger partial charge in [-0.15, -0.1) is 0 Å². The molecule has 0 spiro atoms. The summed E-state index contributed by atoms with van der Waals surface area (Å²) >= 11 is 0. The molecule has 0 radical (unpaired) electrons. The quantitative estimate of drug-likeness (QED) is 0.791. The number of nitrogens with zero attached hydrogens (tertiary/aromatic N) is 1. The van der Waals surface area contributed by atoms with Crippen LogP contribution in [0.3, 0.4) is 0 Å². The Balaban J connectivity index is 2.44. The number of carbonyl (C=O) groups is 2. The molecule has 0 saturated carbocycles. The van der Waals surface area contributed by atoms with Gasteiger partial charge in [0.25, 0.3) is 0 Å². The number of rotatable bonds is 5. The molecule has 1 rings (SSSR count). The Morgan fingerprint density at radius 2 is 2.00 bits per heavy atom. The van der Waals surface area contributed by atoms with Crippen LogP contribution in [0.1, 0.15) is 40.0 Å². The third-order valence-corrected chi connectivity index (χ3v) is 3.72. The molecule has 2 unspecified atom stereocenters. The largest absolute Gasteiger partial charge is 0.481 e. The maximum atomic E-state index is 12.0. The molecule has 0 aromatic rings. The van der Waals surface area contributed by atoms with E-state index in [0.717, 1.165) is 19.5 Å². The van der Waals surface area contributed by atoms with Gasteiger partial charge in [0, 0.05) is 19.0 Å². The molecule has 1 heterocycles. The topological polar surface area (TPSA) is 69.6 Å². The fourth-order valence-electron chi connectivity index (χ4n) is 2.73. The second-order valence-corrected chi connectivity index (χ2v) is 6.61. The smallest absolute Gasteiger partial charge is 0.303 e. The lowest BCUT2D eigenvalue weighted by Gasteiger charge is -2.35. The van der Waals surface area contributed by atoms with E-state index in [4.69, 9.17) is 5.11 Å². The summed E-state index contributed by atoms with van der Waals surface area (Å²) in [5.74, 6) is -0.455. The number of carboxylic acids is 1. The summed E-state index contributed by atoms with van der Waals surface area (Å²) in [7, 11) is 2.09. The van der Waals surface area contributed by atoms with Gasteiger partial charge in [-0.1, -0.05) is 20.8 Å². The van der Waals surface area contributed by atoms with Gasteiger partial charge < -0.3 is 15.3 Å². The van der Waals surface area contributed by atoms with Gasteiger partial charge in [0.1, 0.15) is 0 Å². The lowest BCUT2D eigenvalue weighted by Crippen LogP contribution is -2.49. The second-order valence-electron chi connectivity index (χ2n) is 6.61. The molecule has 5 nitrogen and oxygen atoms in total. The van der Waals surface area contributed by atoms with Gasteiger partial charge in [0.15, 0.2) is 0 Å². The van der Waals surface area contributed by atoms with Crippen LogP contribution >= 0.6 is 0 Å². The van der Waals surface area contributed by atoms with Gasteiger partial charge in [-0.2, -0.15) is 0 Å². The Kier molecular flexibility index (Phi) is 5.35. The SMILES string of the molecule is CC1CN(C)CCC1NC(=O)CC(C)(C)CC(=O)O. The van der Waals surface area contributed by atoms with Crippen molar-refractivity contribution in [2.24, 2.45) is 11.3 Å². The first-order valence-corrected chi connectivity index (χ1v) is 6.89. The van der Waals surface area contributed by atoms with Crippen LogP contribution in [0.15, 0.2) is 0 Å². The van der Waals surface area contributed by atoms with E-state index in [1.165, 1.54) is 0 Å². The number of carbonyl (C=O) groups excluding carboxylic acids is 1. The molecule has 5 heteroatoms. The molecule has 1 amide bonds. The molecule has 0 aromatic heterocycles. The molecule has 1 fully saturated rings. The highest BCUT2D eigenvalue weighted by Gasteiger charge is 2.29. The van der Waals surface area contributed by atoms with Crippen molar-refractivity contribution in [3.8, 4) is 0 Å². The first kappa shape index (κ1) is 16.0. The van der Waals surface area contributed by atoms with Gasteiger partial charge in [-0.05, 0) is 31.3 Å². The summed E-state index contributed by atoms with van der Waals surface area (Å²) in [6, 6.07) is 0.212. The predicted molar refractivity (Wildman–Crippen MR) is 73.9 cm³/mol. The van der Waals surface area contributed by atoms with Gasteiger partial charge in [0.2, 0.25) is 5.91 Å². The highest BCUT2D eigenvalue weighted by Crippen LogP contribution is 2.25. The molecule has 0 aliphatic carbocycles. The number of likely N-dealkylation sites (tertiary alicyclic amines) is 1. The summed E-state index contributed by atoms with van der Waals surface area (Å²) < 4.78 is 0. The van der Waals surface area contributed by atoms with Gasteiger partial charge >= 0.3 is 5.97 Å². The summed E-state index contributed by atoms with van der Waals surface area (Å²) in [5, 5.41) is 11.9. The Bertz CT molecular complexity index is 342. The van der Waals surface area contributed by atoms with Crippen LogP contribution in [0.2, 0.25) is 0 Å². The minimum atomic E-state index is -0.856. The zero-order valence-electron chi connectivity index (χ0n) is 12.4. The van der Waals surface area contributed by atoms with Crippen molar-refractivity contribution in [1.82, 2.24) is 10.2 Å². The maximum Gasteiger partial charge on any atom is 0.303 e. The van der Waals surface area contributed by atoms with E-state index in [1.807, 2.05) is 13.8 Å². The van der Waals surface area contributed by atoms with Gasteiger partial charge in [0.05, 0.1) is 6.42 Å². The van der Waals surface area contributed by atoms with Crippen LogP contribution in [0, 0.1) is 11.3 Å². The number of carboxylic acid groups (broad SMARTS) is 1. The molecule has 1 aliphatic rings.